The maximum absolute atomic E-state index is 2.49. The van der Waals surface area contributed by atoms with Gasteiger partial charge >= 0.3 is 0 Å². The van der Waals surface area contributed by atoms with E-state index in [1.54, 1.807) is 0 Å². The maximum Gasteiger partial charge on any atom is 0.0719 e. The SMILES string of the molecule is c1cc(-c2ccc(-n3c4ccccc4c4ccc5c(c43)Cc3ccccc3-5)cc2)cc(-n2c3ccccc3c3ccc4c5ccccc5sc4c32)c1. The van der Waals surface area contributed by atoms with Crippen LogP contribution in [0.3, 0.4) is 0 Å². The Hall–Kier alpha value is -6.42. The molecule has 3 aromatic heterocycles. The van der Waals surface area contributed by atoms with Crippen molar-refractivity contribution in [2.75, 3.05) is 0 Å². The third kappa shape index (κ3) is 3.83. The van der Waals surface area contributed by atoms with Crippen LogP contribution in [0.5, 0.6) is 0 Å². The van der Waals surface area contributed by atoms with E-state index in [2.05, 4.69) is 179 Å². The van der Waals surface area contributed by atoms with Gasteiger partial charge in [0.15, 0.2) is 0 Å². The highest BCUT2D eigenvalue weighted by Crippen LogP contribution is 2.45. The average molecular weight is 679 g/mol. The van der Waals surface area contributed by atoms with E-state index in [9.17, 15) is 0 Å². The van der Waals surface area contributed by atoms with Crippen LogP contribution in [0, 0.1) is 0 Å². The van der Waals surface area contributed by atoms with Gasteiger partial charge in [-0.3, -0.25) is 0 Å². The summed E-state index contributed by atoms with van der Waals surface area (Å²) >= 11 is 1.90. The first-order valence-electron chi connectivity index (χ1n) is 18.0. The van der Waals surface area contributed by atoms with Crippen molar-refractivity contribution in [1.82, 2.24) is 9.13 Å². The molecule has 3 heterocycles. The monoisotopic (exact) mass is 678 g/mol. The molecule has 0 N–H and O–H groups in total. The van der Waals surface area contributed by atoms with Gasteiger partial charge in [-0.05, 0) is 75.8 Å². The molecule has 0 amide bonds. The second-order valence-corrected chi connectivity index (χ2v) is 15.1. The van der Waals surface area contributed by atoms with E-state index in [1.165, 1.54) is 109 Å². The molecule has 0 unspecified atom stereocenters. The van der Waals surface area contributed by atoms with Crippen LogP contribution in [0.15, 0.2) is 170 Å². The summed E-state index contributed by atoms with van der Waals surface area (Å²) in [5, 5.41) is 7.85. The molecular formula is C49H30N2S. The van der Waals surface area contributed by atoms with Crippen LogP contribution >= 0.6 is 11.3 Å². The molecule has 0 radical (unpaired) electrons. The quantitative estimate of drug-likeness (QED) is 0.176. The Bertz CT molecular complexity index is 3260. The Kier molecular flexibility index (Phi) is 5.74. The molecular weight excluding hydrogens is 649 g/mol. The minimum atomic E-state index is 0.959. The third-order valence-corrected chi connectivity index (χ3v) is 12.6. The Morgan fingerprint density at radius 1 is 0.404 bits per heavy atom. The molecule has 1 aliphatic rings. The molecule has 0 atom stereocenters. The number of fused-ring (bicyclic) bond motifs is 14. The Morgan fingerprint density at radius 3 is 1.88 bits per heavy atom. The molecule has 12 rings (SSSR count). The minimum Gasteiger partial charge on any atom is -0.309 e. The fourth-order valence-corrected chi connectivity index (χ4v) is 10.3. The predicted octanol–water partition coefficient (Wildman–Crippen LogP) is 13.5. The van der Waals surface area contributed by atoms with Crippen molar-refractivity contribution in [3.63, 3.8) is 0 Å². The van der Waals surface area contributed by atoms with E-state index in [0.29, 0.717) is 0 Å². The lowest BCUT2D eigenvalue weighted by molar-refractivity contribution is 1.15. The number of hydrogen-bond donors (Lipinski definition) is 0. The van der Waals surface area contributed by atoms with Gasteiger partial charge in [-0.15, -0.1) is 11.3 Å². The summed E-state index contributed by atoms with van der Waals surface area (Å²) in [7, 11) is 0. The van der Waals surface area contributed by atoms with Crippen LogP contribution in [0.25, 0.3) is 97.4 Å². The first-order chi connectivity index (χ1) is 25.8. The topological polar surface area (TPSA) is 9.86 Å². The summed E-state index contributed by atoms with van der Waals surface area (Å²) in [5.41, 5.74) is 15.4. The second-order valence-electron chi connectivity index (χ2n) is 14.1. The van der Waals surface area contributed by atoms with Crippen LogP contribution in [-0.2, 0) is 6.42 Å². The van der Waals surface area contributed by atoms with E-state index < -0.39 is 0 Å². The first kappa shape index (κ1) is 28.3. The molecule has 2 nitrogen and oxygen atoms in total. The summed E-state index contributed by atoms with van der Waals surface area (Å²) < 4.78 is 7.64. The zero-order valence-corrected chi connectivity index (χ0v) is 29.0. The second kappa shape index (κ2) is 10.6. The van der Waals surface area contributed by atoms with Gasteiger partial charge < -0.3 is 9.13 Å². The largest absolute Gasteiger partial charge is 0.309 e. The molecule has 52 heavy (non-hydrogen) atoms. The molecule has 0 bridgehead atoms. The number of aromatic nitrogens is 2. The van der Waals surface area contributed by atoms with Crippen LogP contribution in [0.2, 0.25) is 0 Å². The zero-order valence-electron chi connectivity index (χ0n) is 28.2. The molecule has 8 aromatic carbocycles. The lowest BCUT2D eigenvalue weighted by Crippen LogP contribution is -1.97. The Morgan fingerprint density at radius 2 is 1.06 bits per heavy atom. The number of hydrogen-bond acceptors (Lipinski definition) is 1. The molecule has 3 heteroatoms. The van der Waals surface area contributed by atoms with Gasteiger partial charge in [-0.25, -0.2) is 0 Å². The summed E-state index contributed by atoms with van der Waals surface area (Å²) in [6.45, 7) is 0. The highest BCUT2D eigenvalue weighted by Gasteiger charge is 2.24. The standard InChI is InChI=1S/C49H30N2S/c1-2-13-35-32(10-1)29-43-36(35)24-25-40-37-14-3-6-17-44(37)50(47(40)43)33-22-20-30(21-23-33)31-11-9-12-34(28-31)51-45-18-7-4-15-38(45)41-26-27-42-39-16-5-8-19-46(39)52-49(42)48(41)51/h1-28H,29H2. The fraction of sp³-hybridized carbons (Fsp3) is 0.0204. The van der Waals surface area contributed by atoms with Crippen LogP contribution < -0.4 is 0 Å². The molecule has 1 aliphatic carbocycles. The van der Waals surface area contributed by atoms with E-state index in [4.69, 9.17) is 0 Å². The number of para-hydroxylation sites is 2. The number of thiophene rings is 1. The van der Waals surface area contributed by atoms with Gasteiger partial charge in [0.2, 0.25) is 0 Å². The summed E-state index contributed by atoms with van der Waals surface area (Å²) in [6, 6.07) is 62.9. The van der Waals surface area contributed by atoms with Crippen LogP contribution in [-0.4, -0.2) is 9.13 Å². The smallest absolute Gasteiger partial charge is 0.0719 e. The van der Waals surface area contributed by atoms with Crippen molar-refractivity contribution >= 4 is 75.1 Å². The molecule has 0 fully saturated rings. The highest BCUT2D eigenvalue weighted by atomic mass is 32.1. The van der Waals surface area contributed by atoms with E-state index in [-0.39, 0.29) is 0 Å². The van der Waals surface area contributed by atoms with Crippen molar-refractivity contribution < 1.29 is 0 Å². The Labute approximate surface area is 304 Å². The van der Waals surface area contributed by atoms with E-state index in [0.717, 1.165) is 6.42 Å². The lowest BCUT2D eigenvalue weighted by atomic mass is 10.0. The van der Waals surface area contributed by atoms with Gasteiger partial charge in [0.1, 0.15) is 0 Å². The third-order valence-electron chi connectivity index (χ3n) is 11.4. The first-order valence-corrected chi connectivity index (χ1v) is 18.8. The van der Waals surface area contributed by atoms with Gasteiger partial charge in [0.25, 0.3) is 0 Å². The zero-order chi connectivity index (χ0) is 33.9. The summed E-state index contributed by atoms with van der Waals surface area (Å²) in [5.74, 6) is 0. The van der Waals surface area contributed by atoms with E-state index in [1.807, 2.05) is 11.3 Å². The van der Waals surface area contributed by atoms with Gasteiger partial charge in [-0.1, -0.05) is 127 Å². The van der Waals surface area contributed by atoms with Gasteiger partial charge in [-0.2, -0.15) is 0 Å². The molecule has 11 aromatic rings. The normalized spacial score (nSPS) is 12.5. The molecule has 242 valence electrons. The van der Waals surface area contributed by atoms with Crippen molar-refractivity contribution in [1.29, 1.82) is 0 Å². The molecule has 0 aliphatic heterocycles. The fourth-order valence-electron chi connectivity index (χ4n) is 9.08. The molecule has 0 saturated carbocycles. The van der Waals surface area contributed by atoms with Crippen molar-refractivity contribution in [3.8, 4) is 33.6 Å². The predicted molar refractivity (Wildman–Crippen MR) is 222 cm³/mol. The van der Waals surface area contributed by atoms with Gasteiger partial charge in [0, 0.05) is 54.8 Å². The maximum atomic E-state index is 2.49. The van der Waals surface area contributed by atoms with Crippen LogP contribution in [0.4, 0.5) is 0 Å². The Balaban J connectivity index is 1.02. The molecule has 0 spiro atoms. The van der Waals surface area contributed by atoms with Gasteiger partial charge in [0.05, 0.1) is 26.8 Å². The van der Waals surface area contributed by atoms with Crippen molar-refractivity contribution in [3.05, 3.63) is 181 Å². The minimum absolute atomic E-state index is 0.959. The number of rotatable bonds is 3. The number of benzene rings is 8. The van der Waals surface area contributed by atoms with E-state index >= 15 is 0 Å². The number of nitrogens with zero attached hydrogens (tertiary/aromatic N) is 2. The average Bonchev–Trinajstić information content (AvgIpc) is 3.96. The lowest BCUT2D eigenvalue weighted by Gasteiger charge is -2.13. The summed E-state index contributed by atoms with van der Waals surface area (Å²) in [6.07, 6.45) is 0.959. The van der Waals surface area contributed by atoms with Crippen LogP contribution in [0.1, 0.15) is 11.1 Å². The van der Waals surface area contributed by atoms with Crippen molar-refractivity contribution in [2.45, 2.75) is 6.42 Å². The summed E-state index contributed by atoms with van der Waals surface area (Å²) in [4.78, 5) is 0. The molecule has 0 saturated heterocycles. The highest BCUT2D eigenvalue weighted by molar-refractivity contribution is 7.26. The van der Waals surface area contributed by atoms with Crippen molar-refractivity contribution in [2.24, 2.45) is 0 Å².